The zero-order valence-corrected chi connectivity index (χ0v) is 36.8. The van der Waals surface area contributed by atoms with E-state index in [2.05, 4.69) is 34.6 Å². The van der Waals surface area contributed by atoms with Gasteiger partial charge in [-0.1, -0.05) is 221 Å². The molecule has 6 heteroatoms. The molecule has 320 valence electrons. The van der Waals surface area contributed by atoms with Gasteiger partial charge in [0.25, 0.3) is 0 Å². The van der Waals surface area contributed by atoms with Gasteiger partial charge in [-0.15, -0.1) is 0 Å². The Kier molecular flexibility index (Phi) is 39.8. The van der Waals surface area contributed by atoms with E-state index in [1.807, 2.05) is 0 Å². The van der Waals surface area contributed by atoms with Gasteiger partial charge in [-0.3, -0.25) is 14.4 Å². The van der Waals surface area contributed by atoms with Crippen LogP contribution in [0.15, 0.2) is 0 Å². The Morgan fingerprint density at radius 3 is 0.963 bits per heavy atom. The molecule has 0 aliphatic rings. The van der Waals surface area contributed by atoms with Crippen molar-refractivity contribution in [2.75, 3.05) is 13.2 Å². The second kappa shape index (κ2) is 41.1. The first-order valence-electron chi connectivity index (χ1n) is 23.8. The predicted molar refractivity (Wildman–Crippen MR) is 229 cm³/mol. The zero-order valence-electron chi connectivity index (χ0n) is 36.8. The third kappa shape index (κ3) is 38.7. The summed E-state index contributed by atoms with van der Waals surface area (Å²) in [5.41, 5.74) is 0. The first-order valence-corrected chi connectivity index (χ1v) is 23.8. The standard InChI is InChI=1S/C48H92O6/c1-6-9-10-11-12-13-14-15-16-17-18-22-28-33-38-46(49)52-41-45(42-53-47(50)39-34-29-25-24-27-32-37-44(5)8-3)54-48(51)40-35-30-23-20-19-21-26-31-36-43(4)7-2/h43-45H,6-42H2,1-5H3/t43?,44?,45-/m0/s1. The molecule has 0 aromatic rings. The SMILES string of the molecule is CCCCCCCCCCCCCCCCC(=O)OC[C@@H](COC(=O)CCCCCCCCC(C)CC)OC(=O)CCCCCCCCCCC(C)CC. The summed E-state index contributed by atoms with van der Waals surface area (Å²) < 4.78 is 16.7. The van der Waals surface area contributed by atoms with E-state index >= 15 is 0 Å². The lowest BCUT2D eigenvalue weighted by Gasteiger charge is -2.18. The third-order valence-electron chi connectivity index (χ3n) is 11.4. The van der Waals surface area contributed by atoms with E-state index in [-0.39, 0.29) is 31.1 Å². The minimum Gasteiger partial charge on any atom is -0.462 e. The van der Waals surface area contributed by atoms with Crippen molar-refractivity contribution in [1.29, 1.82) is 0 Å². The van der Waals surface area contributed by atoms with Crippen LogP contribution in [0.5, 0.6) is 0 Å². The van der Waals surface area contributed by atoms with Crippen LogP contribution < -0.4 is 0 Å². The summed E-state index contributed by atoms with van der Waals surface area (Å²) in [5, 5.41) is 0. The normalized spacial score (nSPS) is 13.1. The lowest BCUT2D eigenvalue weighted by atomic mass is 9.99. The molecule has 0 aliphatic heterocycles. The molecule has 0 heterocycles. The Bertz CT molecular complexity index is 828. The number of esters is 3. The van der Waals surface area contributed by atoms with Gasteiger partial charge in [0.2, 0.25) is 0 Å². The summed E-state index contributed by atoms with van der Waals surface area (Å²) >= 11 is 0. The molecule has 0 N–H and O–H groups in total. The molecule has 0 bridgehead atoms. The van der Waals surface area contributed by atoms with E-state index in [0.717, 1.165) is 69.6 Å². The highest BCUT2D eigenvalue weighted by atomic mass is 16.6. The first kappa shape index (κ1) is 52.4. The Labute approximate surface area is 336 Å². The van der Waals surface area contributed by atoms with Gasteiger partial charge in [-0.25, -0.2) is 0 Å². The monoisotopic (exact) mass is 765 g/mol. The Balaban J connectivity index is 4.34. The van der Waals surface area contributed by atoms with Crippen molar-refractivity contribution in [2.24, 2.45) is 11.8 Å². The smallest absolute Gasteiger partial charge is 0.306 e. The van der Waals surface area contributed by atoms with Crippen molar-refractivity contribution in [2.45, 2.75) is 265 Å². The highest BCUT2D eigenvalue weighted by molar-refractivity contribution is 5.71. The molecule has 3 atom stereocenters. The minimum atomic E-state index is -0.761. The minimum absolute atomic E-state index is 0.0653. The van der Waals surface area contributed by atoms with Crippen LogP contribution in [0.3, 0.4) is 0 Å². The molecule has 2 unspecified atom stereocenters. The highest BCUT2D eigenvalue weighted by Crippen LogP contribution is 2.17. The van der Waals surface area contributed by atoms with E-state index in [4.69, 9.17) is 14.2 Å². The molecule has 0 saturated carbocycles. The molecule has 0 aromatic carbocycles. The van der Waals surface area contributed by atoms with E-state index < -0.39 is 6.10 Å². The number of carbonyl (C=O) groups is 3. The van der Waals surface area contributed by atoms with Crippen molar-refractivity contribution in [3.05, 3.63) is 0 Å². The fourth-order valence-corrected chi connectivity index (χ4v) is 7.04. The fourth-order valence-electron chi connectivity index (χ4n) is 7.04. The lowest BCUT2D eigenvalue weighted by molar-refractivity contribution is -0.167. The van der Waals surface area contributed by atoms with Crippen LogP contribution in [0.2, 0.25) is 0 Å². The predicted octanol–water partition coefficient (Wildman–Crippen LogP) is 15.0. The van der Waals surface area contributed by atoms with Crippen molar-refractivity contribution in [3.63, 3.8) is 0 Å². The van der Waals surface area contributed by atoms with E-state index in [9.17, 15) is 14.4 Å². The van der Waals surface area contributed by atoms with Crippen molar-refractivity contribution in [1.82, 2.24) is 0 Å². The van der Waals surface area contributed by atoms with Gasteiger partial charge in [-0.2, -0.15) is 0 Å². The maximum Gasteiger partial charge on any atom is 0.306 e. The van der Waals surface area contributed by atoms with Crippen LogP contribution in [0.25, 0.3) is 0 Å². The average Bonchev–Trinajstić information content (AvgIpc) is 3.17. The van der Waals surface area contributed by atoms with E-state index in [1.54, 1.807) is 0 Å². The van der Waals surface area contributed by atoms with Crippen LogP contribution in [0.1, 0.15) is 259 Å². The Morgan fingerprint density at radius 1 is 0.370 bits per heavy atom. The van der Waals surface area contributed by atoms with E-state index in [0.29, 0.717) is 19.3 Å². The zero-order chi connectivity index (χ0) is 39.7. The van der Waals surface area contributed by atoms with Crippen LogP contribution in [-0.2, 0) is 28.6 Å². The fraction of sp³-hybridized carbons (Fsp3) is 0.938. The van der Waals surface area contributed by atoms with Crippen molar-refractivity contribution < 1.29 is 28.6 Å². The molecule has 0 radical (unpaired) electrons. The summed E-state index contributed by atoms with van der Waals surface area (Å²) in [5.74, 6) is 0.800. The van der Waals surface area contributed by atoms with Gasteiger partial charge in [0.15, 0.2) is 6.10 Å². The summed E-state index contributed by atoms with van der Waals surface area (Å²) in [6.07, 6.45) is 39.4. The molecule has 0 fully saturated rings. The second-order valence-corrected chi connectivity index (χ2v) is 16.9. The number of unbranched alkanes of at least 4 members (excludes halogenated alkanes) is 25. The van der Waals surface area contributed by atoms with Gasteiger partial charge in [-0.05, 0) is 31.1 Å². The summed E-state index contributed by atoms with van der Waals surface area (Å²) in [7, 11) is 0. The molecule has 0 rings (SSSR count). The molecule has 0 spiro atoms. The number of carbonyl (C=O) groups excluding carboxylic acids is 3. The molecule has 0 saturated heterocycles. The maximum atomic E-state index is 12.7. The van der Waals surface area contributed by atoms with Crippen LogP contribution in [-0.4, -0.2) is 37.2 Å². The number of hydrogen-bond donors (Lipinski definition) is 0. The van der Waals surface area contributed by atoms with Gasteiger partial charge in [0.1, 0.15) is 13.2 Å². The highest BCUT2D eigenvalue weighted by Gasteiger charge is 2.19. The van der Waals surface area contributed by atoms with Crippen LogP contribution in [0, 0.1) is 11.8 Å². The summed E-state index contributed by atoms with van der Waals surface area (Å²) in [6, 6.07) is 0. The molecule has 0 aromatic heterocycles. The summed E-state index contributed by atoms with van der Waals surface area (Å²) in [6.45, 7) is 11.3. The lowest BCUT2D eigenvalue weighted by Crippen LogP contribution is -2.30. The molecule has 6 nitrogen and oxygen atoms in total. The van der Waals surface area contributed by atoms with Crippen LogP contribution >= 0.6 is 0 Å². The Morgan fingerprint density at radius 2 is 0.648 bits per heavy atom. The third-order valence-corrected chi connectivity index (χ3v) is 11.4. The van der Waals surface area contributed by atoms with Gasteiger partial charge >= 0.3 is 17.9 Å². The molecular formula is C48H92O6. The van der Waals surface area contributed by atoms with Crippen molar-refractivity contribution >= 4 is 17.9 Å². The molecular weight excluding hydrogens is 673 g/mol. The molecule has 54 heavy (non-hydrogen) atoms. The Hall–Kier alpha value is -1.59. The van der Waals surface area contributed by atoms with Gasteiger partial charge < -0.3 is 14.2 Å². The maximum absolute atomic E-state index is 12.7. The number of ether oxygens (including phenoxy) is 3. The quantitative estimate of drug-likeness (QED) is 0.0350. The molecule has 0 aliphatic carbocycles. The average molecular weight is 765 g/mol. The van der Waals surface area contributed by atoms with Gasteiger partial charge in [0, 0.05) is 19.3 Å². The van der Waals surface area contributed by atoms with E-state index in [1.165, 1.54) is 148 Å². The molecule has 0 amide bonds. The number of hydrogen-bond acceptors (Lipinski definition) is 6. The van der Waals surface area contributed by atoms with Crippen molar-refractivity contribution in [3.8, 4) is 0 Å². The number of rotatable bonds is 42. The van der Waals surface area contributed by atoms with Gasteiger partial charge in [0.05, 0.1) is 0 Å². The second-order valence-electron chi connectivity index (χ2n) is 16.9. The topological polar surface area (TPSA) is 78.9 Å². The largest absolute Gasteiger partial charge is 0.462 e. The van der Waals surface area contributed by atoms with Crippen LogP contribution in [0.4, 0.5) is 0 Å². The first-order chi connectivity index (χ1) is 26.3. The summed E-state index contributed by atoms with van der Waals surface area (Å²) in [4.78, 5) is 37.8.